The van der Waals surface area contributed by atoms with Crippen LogP contribution >= 0.6 is 0 Å². The van der Waals surface area contributed by atoms with Gasteiger partial charge in [-0.2, -0.15) is 0 Å². The first kappa shape index (κ1) is 18.8. The summed E-state index contributed by atoms with van der Waals surface area (Å²) >= 11 is 0. The van der Waals surface area contributed by atoms with Gasteiger partial charge < -0.3 is 9.84 Å². The summed E-state index contributed by atoms with van der Waals surface area (Å²) in [5.41, 5.74) is 0.614. The van der Waals surface area contributed by atoms with Gasteiger partial charge in [0.05, 0.1) is 13.2 Å². The molecule has 0 aliphatic carbocycles. The van der Waals surface area contributed by atoms with E-state index in [1.165, 1.54) is 12.1 Å². The number of rotatable bonds is 7. The molecule has 1 aliphatic heterocycles. The number of benzene rings is 2. The fourth-order valence-corrected chi connectivity index (χ4v) is 3.68. The minimum Gasteiger partial charge on any atom is -0.384 e. The van der Waals surface area contributed by atoms with Crippen molar-refractivity contribution in [1.29, 1.82) is 0 Å². The second-order valence-corrected chi connectivity index (χ2v) is 6.80. The fourth-order valence-electron chi connectivity index (χ4n) is 3.68. The molecule has 3 nitrogen and oxygen atoms in total. The summed E-state index contributed by atoms with van der Waals surface area (Å²) in [4.78, 5) is 2.32. The highest BCUT2D eigenvalue weighted by Crippen LogP contribution is 2.41. The molecule has 4 heteroatoms. The maximum Gasteiger partial charge on any atom is 0.123 e. The quantitative estimate of drug-likeness (QED) is 0.769. The molecule has 1 fully saturated rings. The summed E-state index contributed by atoms with van der Waals surface area (Å²) in [7, 11) is 0. The van der Waals surface area contributed by atoms with Crippen LogP contribution in [-0.4, -0.2) is 42.9 Å². The van der Waals surface area contributed by atoms with E-state index in [9.17, 15) is 9.50 Å². The number of aliphatic hydroxyl groups is 1. The molecular formula is C22H26FNO2. The van der Waals surface area contributed by atoms with E-state index in [-0.39, 0.29) is 11.7 Å². The minimum atomic E-state index is -1.16. The number of hydrogen-bond acceptors (Lipinski definition) is 3. The minimum absolute atomic E-state index is 0.162. The highest BCUT2D eigenvalue weighted by atomic mass is 19.1. The van der Waals surface area contributed by atoms with Crippen molar-refractivity contribution >= 4 is 0 Å². The molecule has 138 valence electrons. The Morgan fingerprint density at radius 2 is 1.77 bits per heavy atom. The largest absolute Gasteiger partial charge is 0.384 e. The monoisotopic (exact) mass is 355 g/mol. The summed E-state index contributed by atoms with van der Waals surface area (Å²) in [6.45, 7) is 7.65. The van der Waals surface area contributed by atoms with Crippen LogP contribution in [0.1, 0.15) is 23.5 Å². The molecule has 1 saturated heterocycles. The third kappa shape index (κ3) is 4.21. The molecule has 0 unspecified atom stereocenters. The summed E-state index contributed by atoms with van der Waals surface area (Å²) in [5, 5.41) is 11.8. The number of halogens is 1. The molecule has 0 bridgehead atoms. The van der Waals surface area contributed by atoms with Crippen LogP contribution in [0.4, 0.5) is 4.39 Å². The third-order valence-corrected chi connectivity index (χ3v) is 5.12. The van der Waals surface area contributed by atoms with E-state index in [0.717, 1.165) is 18.7 Å². The van der Waals surface area contributed by atoms with Crippen LogP contribution in [0.25, 0.3) is 0 Å². The van der Waals surface area contributed by atoms with Crippen molar-refractivity contribution in [1.82, 2.24) is 4.90 Å². The van der Waals surface area contributed by atoms with Crippen molar-refractivity contribution in [3.63, 3.8) is 0 Å². The van der Waals surface area contributed by atoms with Gasteiger partial charge >= 0.3 is 0 Å². The SMILES string of the molecule is C=CC[C@@](O)(c1ccc(F)cc1)[C@@H](CN1CCOCC1)c1ccccc1. The zero-order valence-electron chi connectivity index (χ0n) is 15.0. The van der Waals surface area contributed by atoms with Crippen molar-refractivity contribution in [2.75, 3.05) is 32.8 Å². The molecule has 0 aromatic heterocycles. The van der Waals surface area contributed by atoms with E-state index in [1.807, 2.05) is 30.3 Å². The lowest BCUT2D eigenvalue weighted by Crippen LogP contribution is -2.44. The van der Waals surface area contributed by atoms with Gasteiger partial charge in [0.25, 0.3) is 0 Å². The van der Waals surface area contributed by atoms with Crippen molar-refractivity contribution in [2.45, 2.75) is 17.9 Å². The van der Waals surface area contributed by atoms with Crippen LogP contribution in [-0.2, 0) is 10.3 Å². The Morgan fingerprint density at radius 1 is 1.12 bits per heavy atom. The number of nitrogens with zero attached hydrogens (tertiary/aromatic N) is 1. The van der Waals surface area contributed by atoms with Gasteiger partial charge in [0, 0.05) is 25.6 Å². The van der Waals surface area contributed by atoms with Crippen LogP contribution in [0.2, 0.25) is 0 Å². The van der Waals surface area contributed by atoms with E-state index in [1.54, 1.807) is 18.2 Å². The molecule has 1 N–H and O–H groups in total. The first-order valence-corrected chi connectivity index (χ1v) is 9.08. The summed E-state index contributed by atoms with van der Waals surface area (Å²) < 4.78 is 18.9. The van der Waals surface area contributed by atoms with Crippen molar-refractivity contribution in [3.8, 4) is 0 Å². The maximum absolute atomic E-state index is 13.4. The molecule has 0 radical (unpaired) electrons. The molecule has 0 saturated carbocycles. The third-order valence-electron chi connectivity index (χ3n) is 5.12. The smallest absolute Gasteiger partial charge is 0.123 e. The summed E-state index contributed by atoms with van der Waals surface area (Å²) in [5.74, 6) is -0.468. The fraction of sp³-hybridized carbons (Fsp3) is 0.364. The molecule has 26 heavy (non-hydrogen) atoms. The lowest BCUT2D eigenvalue weighted by molar-refractivity contribution is -0.0206. The molecule has 0 spiro atoms. The molecule has 0 amide bonds. The zero-order valence-corrected chi connectivity index (χ0v) is 15.0. The van der Waals surface area contributed by atoms with E-state index in [0.29, 0.717) is 31.7 Å². The highest BCUT2D eigenvalue weighted by Gasteiger charge is 2.39. The second kappa shape index (κ2) is 8.58. The zero-order chi connectivity index (χ0) is 18.4. The lowest BCUT2D eigenvalue weighted by Gasteiger charge is -2.40. The topological polar surface area (TPSA) is 32.7 Å². The average molecular weight is 355 g/mol. The van der Waals surface area contributed by atoms with Crippen LogP contribution in [0.5, 0.6) is 0 Å². The molecule has 1 heterocycles. The van der Waals surface area contributed by atoms with Gasteiger partial charge in [0.2, 0.25) is 0 Å². The molecular weight excluding hydrogens is 329 g/mol. The molecule has 2 aromatic carbocycles. The predicted molar refractivity (Wildman–Crippen MR) is 102 cm³/mol. The van der Waals surface area contributed by atoms with Crippen molar-refractivity contribution in [3.05, 3.63) is 84.2 Å². The predicted octanol–water partition coefficient (Wildman–Crippen LogP) is 3.71. The van der Waals surface area contributed by atoms with Crippen LogP contribution < -0.4 is 0 Å². The molecule has 2 aromatic rings. The Kier molecular flexibility index (Phi) is 6.20. The van der Waals surface area contributed by atoms with E-state index in [2.05, 4.69) is 11.5 Å². The summed E-state index contributed by atoms with van der Waals surface area (Å²) in [6.07, 6.45) is 2.13. The lowest BCUT2D eigenvalue weighted by atomic mass is 9.75. The Bertz CT molecular complexity index is 698. The van der Waals surface area contributed by atoms with Crippen LogP contribution in [0.15, 0.2) is 67.3 Å². The molecule has 2 atom stereocenters. The first-order chi connectivity index (χ1) is 12.6. The second-order valence-electron chi connectivity index (χ2n) is 6.80. The standard InChI is InChI=1S/C22H26FNO2/c1-2-12-22(25,19-8-10-20(23)11-9-19)21(18-6-4-3-5-7-18)17-24-13-15-26-16-14-24/h2-11,21,25H,1,12-17H2/t21-,22+/m0/s1. The van der Waals surface area contributed by atoms with Gasteiger partial charge in [-0.3, -0.25) is 4.90 Å². The van der Waals surface area contributed by atoms with Gasteiger partial charge in [-0.25, -0.2) is 4.39 Å². The van der Waals surface area contributed by atoms with Gasteiger partial charge in [0.1, 0.15) is 11.4 Å². The van der Waals surface area contributed by atoms with E-state index in [4.69, 9.17) is 4.74 Å². The number of ether oxygens (including phenoxy) is 1. The van der Waals surface area contributed by atoms with E-state index < -0.39 is 5.60 Å². The van der Waals surface area contributed by atoms with Gasteiger partial charge in [-0.05, 0) is 29.7 Å². The number of hydrogen-bond donors (Lipinski definition) is 1. The number of morpholine rings is 1. The molecule has 1 aliphatic rings. The normalized spacial score (nSPS) is 18.8. The van der Waals surface area contributed by atoms with Crippen molar-refractivity contribution < 1.29 is 14.2 Å². The van der Waals surface area contributed by atoms with Crippen LogP contribution in [0, 0.1) is 5.82 Å². The molecule has 3 rings (SSSR count). The maximum atomic E-state index is 13.4. The Labute approximate surface area is 154 Å². The average Bonchev–Trinajstić information content (AvgIpc) is 2.68. The first-order valence-electron chi connectivity index (χ1n) is 9.08. The van der Waals surface area contributed by atoms with E-state index >= 15 is 0 Å². The Balaban J connectivity index is 2.00. The Hall–Kier alpha value is -2.01. The van der Waals surface area contributed by atoms with Crippen LogP contribution in [0.3, 0.4) is 0 Å². The highest BCUT2D eigenvalue weighted by molar-refractivity contribution is 5.32. The van der Waals surface area contributed by atoms with Gasteiger partial charge in [0.15, 0.2) is 0 Å². The van der Waals surface area contributed by atoms with Gasteiger partial charge in [-0.15, -0.1) is 6.58 Å². The summed E-state index contributed by atoms with van der Waals surface area (Å²) in [6, 6.07) is 16.2. The van der Waals surface area contributed by atoms with Gasteiger partial charge in [-0.1, -0.05) is 48.5 Å². The van der Waals surface area contributed by atoms with Crippen molar-refractivity contribution in [2.24, 2.45) is 0 Å². The Morgan fingerprint density at radius 3 is 2.38 bits per heavy atom.